The molecule has 0 aliphatic heterocycles. The summed E-state index contributed by atoms with van der Waals surface area (Å²) in [6, 6.07) is 6.94. The van der Waals surface area contributed by atoms with Crippen LogP contribution >= 0.6 is 15.9 Å². The molecule has 100 valence electrons. The van der Waals surface area contributed by atoms with Gasteiger partial charge in [-0.3, -0.25) is 9.71 Å². The van der Waals surface area contributed by atoms with Crippen molar-refractivity contribution < 1.29 is 12.8 Å². The summed E-state index contributed by atoms with van der Waals surface area (Å²) in [6.45, 7) is 0. The number of nitrogens with zero attached hydrogens (tertiary/aromatic N) is 1. The first-order chi connectivity index (χ1) is 8.94. The molecule has 0 aliphatic rings. The van der Waals surface area contributed by atoms with E-state index < -0.39 is 15.8 Å². The molecule has 0 aliphatic carbocycles. The molecule has 0 saturated carbocycles. The van der Waals surface area contributed by atoms with Crippen LogP contribution < -0.4 is 4.72 Å². The Morgan fingerprint density at radius 1 is 1.21 bits per heavy atom. The molecule has 1 aromatic carbocycles. The predicted molar refractivity (Wildman–Crippen MR) is 74.6 cm³/mol. The second kappa shape index (κ2) is 5.66. The number of halogens is 2. The van der Waals surface area contributed by atoms with E-state index in [0.717, 1.165) is 0 Å². The van der Waals surface area contributed by atoms with Crippen LogP contribution in [-0.2, 0) is 15.8 Å². The Morgan fingerprint density at radius 3 is 2.53 bits per heavy atom. The van der Waals surface area contributed by atoms with E-state index in [9.17, 15) is 12.8 Å². The summed E-state index contributed by atoms with van der Waals surface area (Å²) in [7, 11) is -3.55. The summed E-state index contributed by atoms with van der Waals surface area (Å²) in [5, 5.41) is 0. The number of nitrogens with one attached hydrogen (secondary N) is 1. The molecule has 0 bridgehead atoms. The summed E-state index contributed by atoms with van der Waals surface area (Å²) in [5.74, 6) is -0.620. The maximum Gasteiger partial charge on any atom is 0.236 e. The van der Waals surface area contributed by atoms with Gasteiger partial charge in [0.15, 0.2) is 0 Å². The first-order valence-corrected chi connectivity index (χ1v) is 7.75. The first-order valence-electron chi connectivity index (χ1n) is 5.30. The van der Waals surface area contributed by atoms with Crippen LogP contribution in [0.4, 0.5) is 10.1 Å². The zero-order chi connectivity index (χ0) is 13.9. The third kappa shape index (κ3) is 4.29. The predicted octanol–water partition coefficient (Wildman–Crippen LogP) is 2.93. The number of aromatic nitrogens is 1. The molecule has 2 aromatic rings. The van der Waals surface area contributed by atoms with Crippen molar-refractivity contribution in [3.63, 3.8) is 0 Å². The van der Waals surface area contributed by atoms with Gasteiger partial charge in [0.1, 0.15) is 5.82 Å². The minimum Gasteiger partial charge on any atom is -0.282 e. The van der Waals surface area contributed by atoms with E-state index in [0.29, 0.717) is 15.7 Å². The van der Waals surface area contributed by atoms with Crippen molar-refractivity contribution in [2.75, 3.05) is 4.72 Å². The van der Waals surface area contributed by atoms with E-state index in [1.807, 2.05) is 0 Å². The number of benzene rings is 1. The van der Waals surface area contributed by atoms with Crippen molar-refractivity contribution in [1.82, 2.24) is 4.98 Å². The zero-order valence-electron chi connectivity index (χ0n) is 9.68. The number of anilines is 1. The van der Waals surface area contributed by atoms with Gasteiger partial charge in [-0.1, -0.05) is 12.1 Å². The van der Waals surface area contributed by atoms with Crippen molar-refractivity contribution >= 4 is 31.6 Å². The smallest absolute Gasteiger partial charge is 0.236 e. The lowest BCUT2D eigenvalue weighted by Crippen LogP contribution is -2.15. The molecule has 0 spiro atoms. The fourth-order valence-electron chi connectivity index (χ4n) is 1.48. The summed E-state index contributed by atoms with van der Waals surface area (Å²) in [4.78, 5) is 3.86. The second-order valence-corrected chi connectivity index (χ2v) is 6.52. The molecule has 7 heteroatoms. The van der Waals surface area contributed by atoms with Crippen LogP contribution in [0.3, 0.4) is 0 Å². The van der Waals surface area contributed by atoms with Crippen molar-refractivity contribution in [1.29, 1.82) is 0 Å². The highest BCUT2D eigenvalue weighted by Gasteiger charge is 2.12. The van der Waals surface area contributed by atoms with Crippen molar-refractivity contribution in [3.05, 3.63) is 58.6 Å². The van der Waals surface area contributed by atoms with Crippen LogP contribution in [0, 0.1) is 5.82 Å². The monoisotopic (exact) mass is 344 g/mol. The standard InChI is InChI=1S/C12H10BrFN2O2S/c13-10-5-12(7-15-6-10)16-19(17,18)8-9-1-3-11(14)4-2-9/h1-7,16H,8H2. The van der Waals surface area contributed by atoms with Crippen molar-refractivity contribution in [2.45, 2.75) is 5.75 Å². The fraction of sp³-hybridized carbons (Fsp3) is 0.0833. The SMILES string of the molecule is O=S(=O)(Cc1ccc(F)cc1)Nc1cncc(Br)c1. The largest absolute Gasteiger partial charge is 0.282 e. The third-order valence-electron chi connectivity index (χ3n) is 2.25. The van der Waals surface area contributed by atoms with Crippen LogP contribution in [0.2, 0.25) is 0 Å². The Labute approximate surface area is 118 Å². The van der Waals surface area contributed by atoms with Gasteiger partial charge < -0.3 is 0 Å². The molecule has 0 amide bonds. The van der Waals surface area contributed by atoms with E-state index in [1.54, 1.807) is 12.3 Å². The van der Waals surface area contributed by atoms with Crippen LogP contribution in [-0.4, -0.2) is 13.4 Å². The summed E-state index contributed by atoms with van der Waals surface area (Å²) < 4.78 is 39.7. The van der Waals surface area contributed by atoms with Gasteiger partial charge in [0.05, 0.1) is 17.6 Å². The van der Waals surface area contributed by atoms with Crippen LogP contribution in [0.1, 0.15) is 5.56 Å². The first kappa shape index (κ1) is 14.0. The lowest BCUT2D eigenvalue weighted by molar-refractivity contribution is 0.600. The van der Waals surface area contributed by atoms with Gasteiger partial charge in [-0.2, -0.15) is 0 Å². The van der Waals surface area contributed by atoms with Gasteiger partial charge >= 0.3 is 0 Å². The van der Waals surface area contributed by atoms with Crippen molar-refractivity contribution in [2.24, 2.45) is 0 Å². The molecule has 0 atom stereocenters. The van der Waals surface area contributed by atoms with Crippen molar-refractivity contribution in [3.8, 4) is 0 Å². The molecule has 19 heavy (non-hydrogen) atoms. The molecule has 0 saturated heterocycles. The Hall–Kier alpha value is -1.47. The molecule has 1 heterocycles. The average molecular weight is 345 g/mol. The quantitative estimate of drug-likeness (QED) is 0.927. The Kier molecular flexibility index (Phi) is 4.16. The van der Waals surface area contributed by atoms with Crippen LogP contribution in [0.25, 0.3) is 0 Å². The fourth-order valence-corrected chi connectivity index (χ4v) is 3.02. The molecule has 2 rings (SSSR count). The number of hydrogen-bond donors (Lipinski definition) is 1. The highest BCUT2D eigenvalue weighted by molar-refractivity contribution is 9.10. The van der Waals surface area contributed by atoms with E-state index in [4.69, 9.17) is 0 Å². The van der Waals surface area contributed by atoms with E-state index >= 15 is 0 Å². The molecule has 1 aromatic heterocycles. The van der Waals surface area contributed by atoms with E-state index in [2.05, 4.69) is 25.6 Å². The molecule has 4 nitrogen and oxygen atoms in total. The lowest BCUT2D eigenvalue weighted by atomic mass is 10.2. The number of rotatable bonds is 4. The minimum absolute atomic E-state index is 0.222. The number of pyridine rings is 1. The number of sulfonamides is 1. The third-order valence-corrected chi connectivity index (χ3v) is 3.94. The van der Waals surface area contributed by atoms with Crippen LogP contribution in [0.5, 0.6) is 0 Å². The molecule has 0 radical (unpaired) electrons. The summed E-state index contributed by atoms with van der Waals surface area (Å²) in [5.41, 5.74) is 0.883. The minimum atomic E-state index is -3.55. The molecule has 0 unspecified atom stereocenters. The van der Waals surface area contributed by atoms with Crippen LogP contribution in [0.15, 0.2) is 47.2 Å². The number of hydrogen-bond acceptors (Lipinski definition) is 3. The topological polar surface area (TPSA) is 59.1 Å². The summed E-state index contributed by atoms with van der Waals surface area (Å²) in [6.07, 6.45) is 2.96. The summed E-state index contributed by atoms with van der Waals surface area (Å²) >= 11 is 3.21. The molecular weight excluding hydrogens is 335 g/mol. The maximum absolute atomic E-state index is 12.7. The lowest BCUT2D eigenvalue weighted by Gasteiger charge is -2.08. The van der Waals surface area contributed by atoms with Gasteiger partial charge in [0.25, 0.3) is 0 Å². The van der Waals surface area contributed by atoms with Gasteiger partial charge in [-0.05, 0) is 39.7 Å². The Bertz CT molecular complexity index is 674. The van der Waals surface area contributed by atoms with Gasteiger partial charge in [0.2, 0.25) is 10.0 Å². The zero-order valence-corrected chi connectivity index (χ0v) is 12.1. The normalized spacial score (nSPS) is 11.3. The van der Waals surface area contributed by atoms with E-state index in [1.165, 1.54) is 30.5 Å². The van der Waals surface area contributed by atoms with Gasteiger partial charge in [-0.25, -0.2) is 12.8 Å². The Morgan fingerprint density at radius 2 is 1.89 bits per heavy atom. The van der Waals surface area contributed by atoms with Gasteiger partial charge in [0, 0.05) is 10.7 Å². The average Bonchev–Trinajstić information content (AvgIpc) is 2.31. The molecule has 0 fully saturated rings. The highest BCUT2D eigenvalue weighted by atomic mass is 79.9. The molecular formula is C12H10BrFN2O2S. The maximum atomic E-state index is 12.7. The second-order valence-electron chi connectivity index (χ2n) is 3.88. The Balaban J connectivity index is 2.13. The van der Waals surface area contributed by atoms with E-state index in [-0.39, 0.29) is 5.75 Å². The van der Waals surface area contributed by atoms with Gasteiger partial charge in [-0.15, -0.1) is 0 Å². The highest BCUT2D eigenvalue weighted by Crippen LogP contribution is 2.16. The molecule has 1 N–H and O–H groups in total.